The number of aryl methyl sites for hydroxylation is 1. The first-order chi connectivity index (χ1) is 14.1. The number of pyridine rings is 2. The van der Waals surface area contributed by atoms with Crippen molar-refractivity contribution in [2.45, 2.75) is 19.4 Å². The number of aromatic nitrogens is 2. The van der Waals surface area contributed by atoms with Crippen molar-refractivity contribution in [3.8, 4) is 0 Å². The molecule has 6 heteroatoms. The summed E-state index contributed by atoms with van der Waals surface area (Å²) in [5, 5.41) is 10.9. The molecule has 3 heterocycles. The molecule has 1 amide bonds. The van der Waals surface area contributed by atoms with Crippen LogP contribution in [0.2, 0.25) is 0 Å². The van der Waals surface area contributed by atoms with Gasteiger partial charge in [-0.15, -0.1) is 0 Å². The fourth-order valence-corrected chi connectivity index (χ4v) is 3.47. The van der Waals surface area contributed by atoms with Gasteiger partial charge < -0.3 is 5.11 Å². The number of aliphatic hydroxyl groups excluding tert-OH is 1. The monoisotopic (exact) mass is 385 g/mol. The number of carbonyl (C=O) groups excluding carboxylic acids is 2. The molecule has 0 aliphatic carbocycles. The molecule has 3 aromatic rings. The van der Waals surface area contributed by atoms with Gasteiger partial charge in [0.05, 0.1) is 11.3 Å². The topological polar surface area (TPSA) is 83.4 Å². The maximum Gasteiger partial charge on any atom is 0.300 e. The number of hydrogen-bond donors (Lipinski definition) is 1. The van der Waals surface area contributed by atoms with E-state index in [4.69, 9.17) is 0 Å². The number of Topliss-reactive ketones (excluding diaryl/α,β-unsaturated/α-hetero) is 1. The molecule has 2 aromatic heterocycles. The second kappa shape index (κ2) is 7.67. The number of rotatable bonds is 4. The Morgan fingerprint density at radius 1 is 1.00 bits per heavy atom. The molecule has 6 nitrogen and oxygen atoms in total. The Hall–Kier alpha value is -3.80. The number of ketones is 1. The van der Waals surface area contributed by atoms with E-state index in [1.807, 2.05) is 31.2 Å². The molecule has 1 aromatic carbocycles. The first-order valence-electron chi connectivity index (χ1n) is 9.33. The summed E-state index contributed by atoms with van der Waals surface area (Å²) in [7, 11) is 0. The van der Waals surface area contributed by atoms with Crippen molar-refractivity contribution < 1.29 is 14.7 Å². The summed E-state index contributed by atoms with van der Waals surface area (Å²) < 4.78 is 0. The molecule has 0 bridgehead atoms. The largest absolute Gasteiger partial charge is 0.507 e. The molecule has 1 N–H and O–H groups in total. The second-order valence-electron chi connectivity index (χ2n) is 6.68. The van der Waals surface area contributed by atoms with Gasteiger partial charge in [-0.1, -0.05) is 25.1 Å². The molecular formula is C23H19N3O3. The first-order valence-corrected chi connectivity index (χ1v) is 9.33. The highest BCUT2D eigenvalue weighted by Crippen LogP contribution is 2.41. The minimum Gasteiger partial charge on any atom is -0.507 e. The third-order valence-corrected chi connectivity index (χ3v) is 4.99. The summed E-state index contributed by atoms with van der Waals surface area (Å²) in [4.78, 5) is 35.6. The predicted molar refractivity (Wildman–Crippen MR) is 109 cm³/mol. The molecule has 1 aliphatic heterocycles. The van der Waals surface area contributed by atoms with Crippen molar-refractivity contribution in [3.63, 3.8) is 0 Å². The van der Waals surface area contributed by atoms with Crippen LogP contribution < -0.4 is 4.90 Å². The Morgan fingerprint density at radius 2 is 1.72 bits per heavy atom. The van der Waals surface area contributed by atoms with Crippen molar-refractivity contribution >= 4 is 23.1 Å². The number of benzene rings is 1. The average molecular weight is 385 g/mol. The van der Waals surface area contributed by atoms with E-state index in [1.54, 1.807) is 36.5 Å². The van der Waals surface area contributed by atoms with Gasteiger partial charge in [-0.25, -0.2) is 0 Å². The number of anilines is 1. The third kappa shape index (κ3) is 3.29. The van der Waals surface area contributed by atoms with Crippen molar-refractivity contribution in [1.29, 1.82) is 0 Å². The summed E-state index contributed by atoms with van der Waals surface area (Å²) >= 11 is 0. The van der Waals surface area contributed by atoms with E-state index in [1.165, 1.54) is 17.3 Å². The lowest BCUT2D eigenvalue weighted by Gasteiger charge is -2.24. The predicted octanol–water partition coefficient (Wildman–Crippen LogP) is 3.67. The van der Waals surface area contributed by atoms with E-state index < -0.39 is 17.7 Å². The Balaban J connectivity index is 1.91. The quantitative estimate of drug-likeness (QED) is 0.421. The highest BCUT2D eigenvalue weighted by molar-refractivity contribution is 6.51. The average Bonchev–Trinajstić information content (AvgIpc) is 3.05. The van der Waals surface area contributed by atoms with Gasteiger partial charge in [-0.05, 0) is 48.4 Å². The zero-order valence-corrected chi connectivity index (χ0v) is 15.8. The standard InChI is InChI=1S/C23H19N3O3/c1-2-15-6-8-17(9-7-15)26-20(18-5-3-4-12-25-18)19(22(28)23(26)29)21(27)16-10-13-24-14-11-16/h3-14,20,27H,2H2,1H3/b21-19-. The van der Waals surface area contributed by atoms with E-state index in [9.17, 15) is 14.7 Å². The molecular weight excluding hydrogens is 366 g/mol. The van der Waals surface area contributed by atoms with Crippen molar-refractivity contribution in [2.75, 3.05) is 4.90 Å². The van der Waals surface area contributed by atoms with Crippen molar-refractivity contribution in [1.82, 2.24) is 9.97 Å². The van der Waals surface area contributed by atoms with E-state index in [0.717, 1.165) is 12.0 Å². The van der Waals surface area contributed by atoms with Crippen LogP contribution in [-0.4, -0.2) is 26.8 Å². The van der Waals surface area contributed by atoms with Gasteiger partial charge in [-0.3, -0.25) is 24.5 Å². The molecule has 1 unspecified atom stereocenters. The number of amides is 1. The molecule has 29 heavy (non-hydrogen) atoms. The van der Waals surface area contributed by atoms with Gasteiger partial charge in [0.2, 0.25) is 0 Å². The van der Waals surface area contributed by atoms with Gasteiger partial charge in [0.25, 0.3) is 11.7 Å². The van der Waals surface area contributed by atoms with E-state index in [2.05, 4.69) is 9.97 Å². The molecule has 1 aliphatic rings. The SMILES string of the molecule is CCc1ccc(N2C(=O)C(=O)/C(=C(\O)c3ccncc3)C2c2ccccn2)cc1. The Labute approximate surface area is 168 Å². The lowest BCUT2D eigenvalue weighted by Crippen LogP contribution is -2.29. The number of nitrogens with zero attached hydrogens (tertiary/aromatic N) is 3. The van der Waals surface area contributed by atoms with Crippen LogP contribution >= 0.6 is 0 Å². The van der Waals surface area contributed by atoms with Gasteiger partial charge in [0, 0.05) is 29.8 Å². The van der Waals surface area contributed by atoms with Crippen LogP contribution in [0.5, 0.6) is 0 Å². The van der Waals surface area contributed by atoms with E-state index in [0.29, 0.717) is 16.9 Å². The highest BCUT2D eigenvalue weighted by Gasteiger charge is 2.47. The molecule has 4 rings (SSSR count). The van der Waals surface area contributed by atoms with Gasteiger partial charge in [0.15, 0.2) is 0 Å². The van der Waals surface area contributed by atoms with Crippen LogP contribution in [-0.2, 0) is 16.0 Å². The maximum atomic E-state index is 13.0. The maximum absolute atomic E-state index is 13.0. The molecule has 0 saturated carbocycles. The Kier molecular flexibility index (Phi) is 4.91. The summed E-state index contributed by atoms with van der Waals surface area (Å²) in [5.74, 6) is -1.68. The van der Waals surface area contributed by atoms with Crippen molar-refractivity contribution in [2.24, 2.45) is 0 Å². The lowest BCUT2D eigenvalue weighted by atomic mass is 9.98. The third-order valence-electron chi connectivity index (χ3n) is 4.99. The number of aliphatic hydroxyl groups is 1. The molecule has 0 spiro atoms. The normalized spacial score (nSPS) is 18.2. The lowest BCUT2D eigenvalue weighted by molar-refractivity contribution is -0.132. The fourth-order valence-electron chi connectivity index (χ4n) is 3.47. The number of hydrogen-bond acceptors (Lipinski definition) is 5. The zero-order chi connectivity index (χ0) is 20.4. The van der Waals surface area contributed by atoms with Crippen LogP contribution in [0, 0.1) is 0 Å². The highest BCUT2D eigenvalue weighted by atomic mass is 16.3. The number of carbonyl (C=O) groups is 2. The molecule has 1 atom stereocenters. The summed E-state index contributed by atoms with van der Waals surface area (Å²) in [6, 6.07) is 15.1. The van der Waals surface area contributed by atoms with Crippen LogP contribution in [0.4, 0.5) is 5.69 Å². The van der Waals surface area contributed by atoms with Crippen LogP contribution in [0.3, 0.4) is 0 Å². The summed E-state index contributed by atoms with van der Waals surface area (Å²) in [6.45, 7) is 2.05. The fraction of sp³-hybridized carbons (Fsp3) is 0.130. The molecule has 0 radical (unpaired) electrons. The zero-order valence-electron chi connectivity index (χ0n) is 15.8. The van der Waals surface area contributed by atoms with Crippen molar-refractivity contribution in [3.05, 3.63) is 95.6 Å². The smallest absolute Gasteiger partial charge is 0.300 e. The summed E-state index contributed by atoms with van der Waals surface area (Å²) in [6.07, 6.45) is 5.50. The van der Waals surface area contributed by atoms with Crippen LogP contribution in [0.15, 0.2) is 78.8 Å². The molecule has 144 valence electrons. The summed E-state index contributed by atoms with van der Waals surface area (Å²) in [5.41, 5.74) is 2.63. The van der Waals surface area contributed by atoms with Gasteiger partial charge >= 0.3 is 0 Å². The van der Waals surface area contributed by atoms with E-state index >= 15 is 0 Å². The van der Waals surface area contributed by atoms with E-state index in [-0.39, 0.29) is 11.3 Å². The van der Waals surface area contributed by atoms with Crippen LogP contribution in [0.1, 0.15) is 29.8 Å². The second-order valence-corrected chi connectivity index (χ2v) is 6.68. The van der Waals surface area contributed by atoms with Crippen LogP contribution in [0.25, 0.3) is 5.76 Å². The molecule has 1 fully saturated rings. The Morgan fingerprint density at radius 3 is 2.34 bits per heavy atom. The minimum atomic E-state index is -0.822. The minimum absolute atomic E-state index is 0.0134. The first kappa shape index (κ1) is 18.6. The van der Waals surface area contributed by atoms with Gasteiger partial charge in [-0.2, -0.15) is 0 Å². The molecule has 1 saturated heterocycles. The van der Waals surface area contributed by atoms with Gasteiger partial charge in [0.1, 0.15) is 11.8 Å². The Bertz CT molecular complexity index is 1080.